The lowest BCUT2D eigenvalue weighted by molar-refractivity contribution is -0.216. The Labute approximate surface area is 416 Å². The summed E-state index contributed by atoms with van der Waals surface area (Å²) in [7, 11) is -10.7. The van der Waals surface area contributed by atoms with Gasteiger partial charge in [-0.25, -0.2) is 9.13 Å². The molecule has 0 heterocycles. The normalized spacial score (nSPS) is 22.1. The van der Waals surface area contributed by atoms with Crippen molar-refractivity contribution < 1.29 is 82.0 Å². The predicted octanol–water partition coefficient (Wildman–Crippen LogP) is 9.15. The van der Waals surface area contributed by atoms with Crippen LogP contribution in [0.1, 0.15) is 162 Å². The minimum absolute atomic E-state index is 0.0712. The fourth-order valence-corrected chi connectivity index (χ4v) is 8.66. The van der Waals surface area contributed by atoms with Gasteiger partial charge in [-0.2, -0.15) is 0 Å². The summed E-state index contributed by atoms with van der Waals surface area (Å²) in [6.45, 7) is 2.85. The minimum Gasteiger partial charge on any atom is -0.462 e. The van der Waals surface area contributed by atoms with Crippen molar-refractivity contribution in [3.63, 3.8) is 0 Å². The van der Waals surface area contributed by atoms with Crippen molar-refractivity contribution in [2.75, 3.05) is 13.2 Å². The average Bonchev–Trinajstić information content (AvgIpc) is 3.31. The maximum atomic E-state index is 13.0. The van der Waals surface area contributed by atoms with Crippen LogP contribution in [0, 0.1) is 0 Å². The van der Waals surface area contributed by atoms with Gasteiger partial charge in [0.15, 0.2) is 6.10 Å². The highest BCUT2D eigenvalue weighted by molar-refractivity contribution is 7.47. The monoisotopic (exact) mass is 1030 g/mol. The Morgan fingerprint density at radius 1 is 0.543 bits per heavy atom. The molecule has 1 fully saturated rings. The molecule has 17 nitrogen and oxygen atoms in total. The van der Waals surface area contributed by atoms with Gasteiger partial charge in [-0.1, -0.05) is 157 Å². The Balaban J connectivity index is 2.62. The number of hydrogen-bond acceptors (Lipinski definition) is 14. The lowest BCUT2D eigenvalue weighted by Gasteiger charge is -2.43. The molecule has 0 bridgehead atoms. The number of unbranched alkanes of at least 4 members (excludes halogenated alkanes) is 13. The number of rotatable bonds is 41. The number of carbonyl (C=O) groups excluding carboxylic acids is 2. The fourth-order valence-electron chi connectivity index (χ4n) is 7.12. The topological polar surface area (TPSA) is 276 Å². The highest BCUT2D eigenvalue weighted by atomic mass is 31.2. The van der Waals surface area contributed by atoms with Gasteiger partial charge in [0.05, 0.1) is 12.7 Å². The molecule has 0 spiro atoms. The van der Waals surface area contributed by atoms with E-state index in [2.05, 4.69) is 54.8 Å². The first-order valence-corrected chi connectivity index (χ1v) is 28.3. The first-order valence-electron chi connectivity index (χ1n) is 25.2. The zero-order valence-electron chi connectivity index (χ0n) is 41.5. The van der Waals surface area contributed by atoms with E-state index in [4.69, 9.17) is 18.5 Å². The third-order valence-electron chi connectivity index (χ3n) is 11.0. The molecule has 0 amide bonds. The standard InChI is InChI=1S/C51H86O17P2/c1-3-5-7-9-11-12-13-14-15-16-17-18-19-20-21-22-26-30-34-38-44(53)64-40-43(41-65-70(62,63)68-51-48(57)46(55)47(56)50(49(51)58)67-69(59,60)61)66-45(54)39-35-31-27-24-23-25-29-33-37-42(52)36-32-28-10-8-6-4-2/h6,8,11-12,14-15,24-25,27-29,32-33,37,42-43,46-52,55-58H,3-5,7,9-10,13,16-23,26,30-31,34-36,38-41H2,1-2H3,(H,62,63)(H2,59,60,61)/b8-6-,12-11-,15-14-,27-24-,29-25-,32-28-,37-33+/t42?,43-,46?,47?,48?,49?,50-,51+/m1/s1. The van der Waals surface area contributed by atoms with E-state index in [0.29, 0.717) is 32.1 Å². The number of phosphoric acid groups is 2. The van der Waals surface area contributed by atoms with Crippen LogP contribution in [0.3, 0.4) is 0 Å². The number of aliphatic hydroxyl groups excluding tert-OH is 5. The Hall–Kier alpha value is -2.86. The summed E-state index contributed by atoms with van der Waals surface area (Å²) < 4.78 is 49.4. The van der Waals surface area contributed by atoms with Crippen molar-refractivity contribution >= 4 is 27.6 Å². The molecule has 0 radical (unpaired) electrons. The Bertz CT molecular complexity index is 1690. The Morgan fingerprint density at radius 2 is 1.06 bits per heavy atom. The molecular weight excluding hydrogens is 946 g/mol. The van der Waals surface area contributed by atoms with E-state index in [1.807, 2.05) is 36.5 Å². The van der Waals surface area contributed by atoms with Crippen LogP contribution in [0.4, 0.5) is 0 Å². The molecule has 0 aromatic heterocycles. The fraction of sp³-hybridized carbons (Fsp3) is 0.686. The first-order chi connectivity index (χ1) is 33.5. The third-order valence-corrected chi connectivity index (χ3v) is 12.5. The minimum atomic E-state index is -5.38. The average molecular weight is 1030 g/mol. The molecule has 1 saturated carbocycles. The zero-order chi connectivity index (χ0) is 51.9. The van der Waals surface area contributed by atoms with Crippen LogP contribution in [0.15, 0.2) is 85.1 Å². The van der Waals surface area contributed by atoms with Gasteiger partial charge in [0.2, 0.25) is 0 Å². The summed E-state index contributed by atoms with van der Waals surface area (Å²) in [5.41, 5.74) is 0. The summed E-state index contributed by atoms with van der Waals surface area (Å²) in [5, 5.41) is 51.4. The van der Waals surface area contributed by atoms with Gasteiger partial charge in [0.25, 0.3) is 0 Å². The van der Waals surface area contributed by atoms with E-state index in [9.17, 15) is 58.9 Å². The summed E-state index contributed by atoms with van der Waals surface area (Å²) >= 11 is 0. The molecule has 6 unspecified atom stereocenters. The number of carbonyl (C=O) groups is 2. The van der Waals surface area contributed by atoms with Crippen molar-refractivity contribution in [3.05, 3.63) is 85.1 Å². The van der Waals surface area contributed by atoms with Crippen LogP contribution in [-0.4, -0.2) is 114 Å². The lowest BCUT2D eigenvalue weighted by atomic mass is 9.85. The number of ether oxygens (including phenoxy) is 2. The van der Waals surface area contributed by atoms with Crippen LogP contribution in [0.25, 0.3) is 0 Å². The van der Waals surface area contributed by atoms with Crippen molar-refractivity contribution in [3.8, 4) is 0 Å². The van der Waals surface area contributed by atoms with Crippen molar-refractivity contribution in [2.45, 2.75) is 210 Å². The molecule has 0 aromatic rings. The maximum absolute atomic E-state index is 13.0. The van der Waals surface area contributed by atoms with E-state index in [-0.39, 0.29) is 12.8 Å². The second-order valence-corrected chi connectivity index (χ2v) is 19.9. The SMILES string of the molecule is CC/C=C\C/C=C\CC(O)/C=C/C=C\C/C=C\CCCC(=O)O[C@H](COC(=O)CCCCCCCCCCC/C=C\C/C=C\CCCCC)COP(=O)(O)O[C@H]1C(O)C(O)C(O)[C@@H](OP(=O)(O)O)C1O. The maximum Gasteiger partial charge on any atom is 0.472 e. The number of phosphoric ester groups is 2. The second kappa shape index (κ2) is 40.6. The van der Waals surface area contributed by atoms with E-state index in [0.717, 1.165) is 64.2 Å². The quantitative estimate of drug-likeness (QED) is 0.00932. The highest BCUT2D eigenvalue weighted by Crippen LogP contribution is 2.49. The molecule has 0 aromatic carbocycles. The summed E-state index contributed by atoms with van der Waals surface area (Å²) in [4.78, 5) is 54.4. The number of aliphatic hydroxyl groups is 5. The number of allylic oxidation sites excluding steroid dienone is 12. The molecule has 1 rings (SSSR count). The van der Waals surface area contributed by atoms with E-state index in [1.165, 1.54) is 38.5 Å². The predicted molar refractivity (Wildman–Crippen MR) is 270 cm³/mol. The molecular formula is C51H86O17P2. The lowest BCUT2D eigenvalue weighted by Crippen LogP contribution is -2.64. The van der Waals surface area contributed by atoms with Crippen molar-refractivity contribution in [1.82, 2.24) is 0 Å². The largest absolute Gasteiger partial charge is 0.472 e. The summed E-state index contributed by atoms with van der Waals surface area (Å²) in [6.07, 6.45) is 32.7. The zero-order valence-corrected chi connectivity index (χ0v) is 43.3. The molecule has 0 saturated heterocycles. The van der Waals surface area contributed by atoms with Crippen LogP contribution in [0.5, 0.6) is 0 Å². The number of hydrogen-bond donors (Lipinski definition) is 8. The Morgan fingerprint density at radius 3 is 1.66 bits per heavy atom. The van der Waals surface area contributed by atoms with E-state index in [1.54, 1.807) is 12.2 Å². The van der Waals surface area contributed by atoms with Gasteiger partial charge in [-0.3, -0.25) is 23.2 Å². The highest BCUT2D eigenvalue weighted by Gasteiger charge is 2.54. The molecule has 70 heavy (non-hydrogen) atoms. The van der Waals surface area contributed by atoms with Crippen LogP contribution >= 0.6 is 15.6 Å². The number of esters is 2. The van der Waals surface area contributed by atoms with Gasteiger partial charge in [0.1, 0.15) is 43.2 Å². The van der Waals surface area contributed by atoms with Gasteiger partial charge in [-0.05, 0) is 77.0 Å². The smallest absolute Gasteiger partial charge is 0.462 e. The first kappa shape index (κ1) is 65.2. The van der Waals surface area contributed by atoms with Crippen LogP contribution in [-0.2, 0) is 41.8 Å². The molecule has 402 valence electrons. The Kier molecular flexibility index (Phi) is 37.8. The molecule has 0 aliphatic heterocycles. The van der Waals surface area contributed by atoms with Gasteiger partial charge < -0.3 is 49.7 Å². The van der Waals surface area contributed by atoms with Gasteiger partial charge in [-0.15, -0.1) is 0 Å². The summed E-state index contributed by atoms with van der Waals surface area (Å²) in [6, 6.07) is 0. The van der Waals surface area contributed by atoms with Crippen molar-refractivity contribution in [2.24, 2.45) is 0 Å². The van der Waals surface area contributed by atoms with Crippen LogP contribution in [0.2, 0.25) is 0 Å². The van der Waals surface area contributed by atoms with Gasteiger partial charge in [0, 0.05) is 12.8 Å². The van der Waals surface area contributed by atoms with Gasteiger partial charge >= 0.3 is 27.6 Å². The van der Waals surface area contributed by atoms with E-state index < -0.39 is 89.6 Å². The van der Waals surface area contributed by atoms with Crippen molar-refractivity contribution in [1.29, 1.82) is 0 Å². The second-order valence-electron chi connectivity index (χ2n) is 17.3. The van der Waals surface area contributed by atoms with E-state index >= 15 is 0 Å². The molecule has 8 N–H and O–H groups in total. The summed E-state index contributed by atoms with van der Waals surface area (Å²) in [5.74, 6) is -1.32. The third kappa shape index (κ3) is 34.5. The molecule has 1 aliphatic carbocycles. The van der Waals surface area contributed by atoms with Crippen LogP contribution < -0.4 is 0 Å². The molecule has 1 aliphatic rings. The molecule has 19 heteroatoms. The molecule has 9 atom stereocenters.